The summed E-state index contributed by atoms with van der Waals surface area (Å²) >= 11 is 0.704. The lowest BCUT2D eigenvalue weighted by molar-refractivity contribution is -0.380. The molecule has 31 heavy (non-hydrogen) atoms. The Morgan fingerprint density at radius 3 is 2.61 bits per heavy atom. The number of thiazole rings is 1. The molecule has 11 nitrogen and oxygen atoms in total. The quantitative estimate of drug-likeness (QED) is 0.353. The summed E-state index contributed by atoms with van der Waals surface area (Å²) in [4.78, 5) is 32.5. The first-order valence-corrected chi connectivity index (χ1v) is 11.8. The van der Waals surface area contributed by atoms with Crippen molar-refractivity contribution in [2.75, 3.05) is 18.5 Å². The van der Waals surface area contributed by atoms with Gasteiger partial charge in [-0.2, -0.15) is 0 Å². The van der Waals surface area contributed by atoms with E-state index in [9.17, 15) is 23.3 Å². The minimum absolute atomic E-state index is 0.0292. The zero-order valence-corrected chi connectivity index (χ0v) is 17.7. The smallest absolute Gasteiger partial charge is 0.345 e. The van der Waals surface area contributed by atoms with E-state index in [0.29, 0.717) is 49.4 Å². The molecule has 2 heterocycles. The molecule has 1 saturated carbocycles. The van der Waals surface area contributed by atoms with E-state index in [0.717, 1.165) is 6.20 Å². The van der Waals surface area contributed by atoms with Crippen molar-refractivity contribution in [2.24, 2.45) is 5.16 Å². The molecule has 0 spiro atoms. The molecule has 1 aromatic heterocycles. The summed E-state index contributed by atoms with van der Waals surface area (Å²) in [5.41, 5.74) is 0.220. The number of nitrogens with one attached hydrogen (secondary N) is 1. The molecule has 2 fully saturated rings. The predicted molar refractivity (Wildman–Crippen MR) is 111 cm³/mol. The van der Waals surface area contributed by atoms with Gasteiger partial charge in [0.2, 0.25) is 0 Å². The first-order chi connectivity index (χ1) is 14.8. The maximum absolute atomic E-state index is 12.8. The number of oxime groups is 1. The molecule has 1 saturated heterocycles. The number of anilines is 1. The van der Waals surface area contributed by atoms with Crippen molar-refractivity contribution in [1.82, 2.24) is 4.98 Å². The SMILES string of the molecule is O=C(Nc1ncc([N+](=O)[O-])s1)C(=NO[C@@H]1CCOC1)c1ccc(S(=O)(=O)C2CC2)cc1. The van der Waals surface area contributed by atoms with Crippen LogP contribution < -0.4 is 5.32 Å². The fourth-order valence-corrected chi connectivity index (χ4v) is 5.17. The lowest BCUT2D eigenvalue weighted by Crippen LogP contribution is -2.25. The van der Waals surface area contributed by atoms with Crippen LogP contribution in [0, 0.1) is 10.1 Å². The van der Waals surface area contributed by atoms with Gasteiger partial charge in [-0.25, -0.2) is 13.4 Å². The third-order valence-corrected chi connectivity index (χ3v) is 7.85. The average Bonchev–Trinajstić information content (AvgIpc) is 3.29. The highest BCUT2D eigenvalue weighted by atomic mass is 32.2. The summed E-state index contributed by atoms with van der Waals surface area (Å²) in [6.45, 7) is 0.869. The number of nitrogens with zero attached hydrogens (tertiary/aromatic N) is 3. The Hall–Kier alpha value is -2.90. The summed E-state index contributed by atoms with van der Waals surface area (Å²) in [6, 6.07) is 5.82. The molecule has 1 aliphatic heterocycles. The number of carbonyl (C=O) groups excluding carboxylic acids is 1. The van der Waals surface area contributed by atoms with Crippen molar-refractivity contribution in [3.05, 3.63) is 46.1 Å². The number of rotatable bonds is 8. The van der Waals surface area contributed by atoms with Crippen LogP contribution >= 0.6 is 11.3 Å². The summed E-state index contributed by atoms with van der Waals surface area (Å²) < 4.78 is 30.0. The molecule has 1 atom stereocenters. The molecule has 1 aliphatic carbocycles. The van der Waals surface area contributed by atoms with Gasteiger partial charge in [0, 0.05) is 12.0 Å². The van der Waals surface area contributed by atoms with Gasteiger partial charge in [-0.3, -0.25) is 20.2 Å². The van der Waals surface area contributed by atoms with Gasteiger partial charge < -0.3 is 9.57 Å². The zero-order chi connectivity index (χ0) is 22.0. The monoisotopic (exact) mass is 466 g/mol. The number of ether oxygens (including phenoxy) is 1. The lowest BCUT2D eigenvalue weighted by Gasteiger charge is -2.10. The van der Waals surface area contributed by atoms with Gasteiger partial charge in [0.1, 0.15) is 6.20 Å². The number of sulfone groups is 1. The summed E-state index contributed by atoms with van der Waals surface area (Å²) in [5, 5.41) is 16.7. The zero-order valence-electron chi connectivity index (χ0n) is 16.1. The number of hydrogen-bond donors (Lipinski definition) is 1. The van der Waals surface area contributed by atoms with E-state index in [2.05, 4.69) is 15.5 Å². The molecule has 1 N–H and O–H groups in total. The molecule has 0 unspecified atom stereocenters. The maximum Gasteiger partial charge on any atom is 0.345 e. The molecule has 13 heteroatoms. The Labute approximate surface area is 181 Å². The molecule has 164 valence electrons. The van der Waals surface area contributed by atoms with E-state index >= 15 is 0 Å². The van der Waals surface area contributed by atoms with E-state index in [1.165, 1.54) is 24.3 Å². The Balaban J connectivity index is 1.57. The second-order valence-corrected chi connectivity index (χ2v) is 10.3. The van der Waals surface area contributed by atoms with Crippen molar-refractivity contribution >= 4 is 42.9 Å². The molecule has 1 amide bonds. The van der Waals surface area contributed by atoms with E-state index in [1.807, 2.05) is 0 Å². The van der Waals surface area contributed by atoms with Crippen LogP contribution in [-0.2, 0) is 24.2 Å². The highest BCUT2D eigenvalue weighted by Crippen LogP contribution is 2.33. The van der Waals surface area contributed by atoms with Gasteiger partial charge in [0.05, 0.1) is 28.3 Å². The summed E-state index contributed by atoms with van der Waals surface area (Å²) in [7, 11) is -3.37. The lowest BCUT2D eigenvalue weighted by atomic mass is 10.1. The molecule has 2 aliphatic rings. The first-order valence-electron chi connectivity index (χ1n) is 9.42. The first kappa shape index (κ1) is 21.3. The van der Waals surface area contributed by atoms with Gasteiger partial charge in [0.15, 0.2) is 26.8 Å². The fraction of sp³-hybridized carbons (Fsp3) is 0.389. The van der Waals surface area contributed by atoms with Crippen molar-refractivity contribution in [2.45, 2.75) is 35.5 Å². The van der Waals surface area contributed by atoms with Gasteiger partial charge in [-0.1, -0.05) is 17.3 Å². The molecule has 2 aromatic rings. The third kappa shape index (κ3) is 4.89. The number of carbonyl (C=O) groups is 1. The van der Waals surface area contributed by atoms with Gasteiger partial charge in [-0.15, -0.1) is 0 Å². The van der Waals surface area contributed by atoms with Gasteiger partial charge >= 0.3 is 5.00 Å². The van der Waals surface area contributed by atoms with Crippen LogP contribution in [0.2, 0.25) is 0 Å². The largest absolute Gasteiger partial charge is 0.389 e. The van der Waals surface area contributed by atoms with Crippen LogP contribution in [0.5, 0.6) is 0 Å². The minimum Gasteiger partial charge on any atom is -0.389 e. The third-order valence-electron chi connectivity index (χ3n) is 4.71. The van der Waals surface area contributed by atoms with E-state index < -0.39 is 20.7 Å². The average molecular weight is 466 g/mol. The van der Waals surface area contributed by atoms with E-state index in [4.69, 9.17) is 9.57 Å². The maximum atomic E-state index is 12.8. The van der Waals surface area contributed by atoms with Crippen LogP contribution in [0.4, 0.5) is 10.1 Å². The van der Waals surface area contributed by atoms with Crippen LogP contribution in [0.1, 0.15) is 24.8 Å². The second-order valence-electron chi connectivity index (χ2n) is 7.01. The van der Waals surface area contributed by atoms with Crippen molar-refractivity contribution in [1.29, 1.82) is 0 Å². The Morgan fingerprint density at radius 2 is 2.03 bits per heavy atom. The predicted octanol–water partition coefficient (Wildman–Crippen LogP) is 2.14. The second kappa shape index (κ2) is 8.69. The van der Waals surface area contributed by atoms with Crippen LogP contribution in [-0.4, -0.2) is 54.5 Å². The number of hydrogen-bond acceptors (Lipinski definition) is 10. The molecule has 0 bridgehead atoms. The van der Waals surface area contributed by atoms with Crippen LogP contribution in [0.3, 0.4) is 0 Å². The highest BCUT2D eigenvalue weighted by molar-refractivity contribution is 7.92. The number of amides is 1. The van der Waals surface area contributed by atoms with Gasteiger partial charge in [0.25, 0.3) is 5.91 Å². The van der Waals surface area contributed by atoms with Gasteiger partial charge in [-0.05, 0) is 36.3 Å². The summed E-state index contributed by atoms with van der Waals surface area (Å²) in [6.07, 6.45) is 2.65. The summed E-state index contributed by atoms with van der Waals surface area (Å²) in [5.74, 6) is -0.694. The molecular weight excluding hydrogens is 448 g/mol. The number of aromatic nitrogens is 1. The molecule has 1 aromatic carbocycles. The van der Waals surface area contributed by atoms with Crippen LogP contribution in [0.25, 0.3) is 0 Å². The Morgan fingerprint density at radius 1 is 1.29 bits per heavy atom. The highest BCUT2D eigenvalue weighted by Gasteiger charge is 2.36. The van der Waals surface area contributed by atoms with Crippen molar-refractivity contribution in [3.8, 4) is 0 Å². The van der Waals surface area contributed by atoms with Crippen molar-refractivity contribution < 1.29 is 27.7 Å². The number of benzene rings is 1. The number of nitro groups is 1. The van der Waals surface area contributed by atoms with E-state index in [-0.39, 0.29) is 32.1 Å². The molecule has 0 radical (unpaired) electrons. The normalized spacial score (nSPS) is 19.2. The molecular formula is C18H18N4O7S2. The van der Waals surface area contributed by atoms with E-state index in [1.54, 1.807) is 0 Å². The minimum atomic E-state index is -3.37. The Kier molecular flexibility index (Phi) is 5.98. The molecule has 4 rings (SSSR count). The topological polar surface area (TPSA) is 150 Å². The van der Waals surface area contributed by atoms with Crippen LogP contribution in [0.15, 0.2) is 40.5 Å². The standard InChI is InChI=1S/C18H18N4O7S2/c23-17(20-18-19-9-15(30-18)22(24)25)16(21-29-12-7-8-28-10-12)11-1-3-13(4-2-11)31(26,27)14-5-6-14/h1-4,9,12,14H,5-8,10H2,(H,19,20,23)/t12-/m1/s1. The van der Waals surface area contributed by atoms with Crippen molar-refractivity contribution in [3.63, 3.8) is 0 Å². The fourth-order valence-electron chi connectivity index (χ4n) is 2.89. The Bertz CT molecular complexity index is 1120.